The van der Waals surface area contributed by atoms with Crippen LogP contribution >= 0.6 is 0 Å². The Balaban J connectivity index is 2.13. The van der Waals surface area contributed by atoms with E-state index in [1.807, 2.05) is 29.2 Å². The van der Waals surface area contributed by atoms with E-state index in [1.54, 1.807) is 0 Å². The molecule has 4 heteroatoms. The summed E-state index contributed by atoms with van der Waals surface area (Å²) in [4.78, 5) is 24.7. The van der Waals surface area contributed by atoms with Crippen LogP contribution in [0.3, 0.4) is 0 Å². The Hall–Kier alpha value is -1.84. The van der Waals surface area contributed by atoms with Crippen molar-refractivity contribution < 1.29 is 14.7 Å². The van der Waals surface area contributed by atoms with Gasteiger partial charge in [0.15, 0.2) is 0 Å². The van der Waals surface area contributed by atoms with E-state index in [1.165, 1.54) is 0 Å². The van der Waals surface area contributed by atoms with Crippen molar-refractivity contribution in [1.29, 1.82) is 0 Å². The maximum Gasteiger partial charge on any atom is 0.307 e. The normalized spacial score (nSPS) is 16.2. The lowest BCUT2D eigenvalue weighted by atomic mass is 10.0. The Morgan fingerprint density at radius 1 is 1.16 bits per heavy atom. The molecule has 1 N–H and O–H groups in total. The average molecular weight is 261 g/mol. The van der Waals surface area contributed by atoms with Gasteiger partial charge in [0.25, 0.3) is 0 Å². The number of carboxylic acid groups (broad SMARTS) is 1. The summed E-state index contributed by atoms with van der Waals surface area (Å²) in [6.45, 7) is 1.31. The molecule has 0 radical (unpaired) electrons. The lowest BCUT2D eigenvalue weighted by Gasteiger charge is -2.22. The number of rotatable bonds is 4. The Morgan fingerprint density at radius 2 is 1.89 bits per heavy atom. The highest BCUT2D eigenvalue weighted by Crippen LogP contribution is 2.17. The van der Waals surface area contributed by atoms with Gasteiger partial charge in [-0.3, -0.25) is 9.59 Å². The monoisotopic (exact) mass is 261 g/mol. The number of likely N-dealkylation sites (tertiary alicyclic amines) is 1. The van der Waals surface area contributed by atoms with Crippen molar-refractivity contribution in [3.8, 4) is 0 Å². The van der Waals surface area contributed by atoms with E-state index >= 15 is 0 Å². The molecule has 1 aliphatic rings. The topological polar surface area (TPSA) is 57.6 Å². The quantitative estimate of drug-likeness (QED) is 0.904. The van der Waals surface area contributed by atoms with E-state index in [4.69, 9.17) is 5.11 Å². The van der Waals surface area contributed by atoms with Crippen LogP contribution in [0.15, 0.2) is 24.3 Å². The standard InChI is InChI=1S/C15H19NO3/c17-14-8-2-1-5-9-16(14)11-13-7-4-3-6-12(13)10-15(18)19/h3-4,6-7H,1-2,5,8-11H2,(H,18,19). The molecule has 1 fully saturated rings. The zero-order valence-electron chi connectivity index (χ0n) is 11.0. The van der Waals surface area contributed by atoms with Crippen LogP contribution in [0.2, 0.25) is 0 Å². The Bertz CT molecular complexity index is 470. The fourth-order valence-electron chi connectivity index (χ4n) is 2.46. The van der Waals surface area contributed by atoms with Crippen LogP contribution in [-0.4, -0.2) is 28.4 Å². The number of amides is 1. The first-order chi connectivity index (χ1) is 9.16. The summed E-state index contributed by atoms with van der Waals surface area (Å²) in [7, 11) is 0. The molecule has 0 unspecified atom stereocenters. The van der Waals surface area contributed by atoms with E-state index in [0.717, 1.165) is 36.9 Å². The van der Waals surface area contributed by atoms with Gasteiger partial charge in [0.05, 0.1) is 6.42 Å². The maximum absolute atomic E-state index is 12.0. The van der Waals surface area contributed by atoms with Gasteiger partial charge < -0.3 is 10.0 Å². The van der Waals surface area contributed by atoms with Gasteiger partial charge in [0.1, 0.15) is 0 Å². The Labute approximate surface area is 113 Å². The molecule has 0 atom stereocenters. The second-order valence-corrected chi connectivity index (χ2v) is 4.97. The number of hydrogen-bond acceptors (Lipinski definition) is 2. The number of carboxylic acids is 1. The summed E-state index contributed by atoms with van der Waals surface area (Å²) in [6, 6.07) is 7.47. The molecule has 0 saturated carbocycles. The first kappa shape index (κ1) is 13.6. The van der Waals surface area contributed by atoms with E-state index in [0.29, 0.717) is 13.0 Å². The van der Waals surface area contributed by atoms with Crippen molar-refractivity contribution >= 4 is 11.9 Å². The van der Waals surface area contributed by atoms with Crippen molar-refractivity contribution in [1.82, 2.24) is 4.90 Å². The second kappa shape index (κ2) is 6.36. The molecule has 19 heavy (non-hydrogen) atoms. The summed E-state index contributed by atoms with van der Waals surface area (Å²) in [5, 5.41) is 8.91. The molecular formula is C15H19NO3. The highest BCUT2D eigenvalue weighted by atomic mass is 16.4. The summed E-state index contributed by atoms with van der Waals surface area (Å²) >= 11 is 0. The van der Waals surface area contributed by atoms with Crippen LogP contribution in [0, 0.1) is 0 Å². The predicted molar refractivity (Wildman–Crippen MR) is 71.7 cm³/mol. The summed E-state index contributed by atoms with van der Waals surface area (Å²) in [5.41, 5.74) is 1.74. The molecule has 1 aromatic rings. The fraction of sp³-hybridized carbons (Fsp3) is 0.467. The van der Waals surface area contributed by atoms with Gasteiger partial charge >= 0.3 is 5.97 Å². The highest BCUT2D eigenvalue weighted by molar-refractivity contribution is 5.76. The molecule has 0 aliphatic carbocycles. The average Bonchev–Trinajstić information content (AvgIpc) is 2.57. The van der Waals surface area contributed by atoms with Crippen molar-refractivity contribution in [2.75, 3.05) is 6.54 Å². The molecule has 0 spiro atoms. The van der Waals surface area contributed by atoms with Crippen LogP contribution in [0.25, 0.3) is 0 Å². The minimum atomic E-state index is -0.838. The lowest BCUT2D eigenvalue weighted by Crippen LogP contribution is -2.30. The number of hydrogen-bond donors (Lipinski definition) is 1. The zero-order valence-corrected chi connectivity index (χ0v) is 11.0. The Morgan fingerprint density at radius 3 is 2.63 bits per heavy atom. The summed E-state index contributed by atoms with van der Waals surface area (Å²) in [5.74, 6) is -0.655. The van der Waals surface area contributed by atoms with Gasteiger partial charge in [0, 0.05) is 19.5 Å². The third-order valence-electron chi connectivity index (χ3n) is 3.49. The van der Waals surface area contributed by atoms with Gasteiger partial charge in [-0.2, -0.15) is 0 Å². The van der Waals surface area contributed by atoms with Crippen molar-refractivity contribution in [2.24, 2.45) is 0 Å². The number of aliphatic carboxylic acids is 1. The van der Waals surface area contributed by atoms with Crippen molar-refractivity contribution in [3.63, 3.8) is 0 Å². The molecule has 2 rings (SSSR count). The third kappa shape index (κ3) is 3.81. The SMILES string of the molecule is O=C(O)Cc1ccccc1CN1CCCCCC1=O. The van der Waals surface area contributed by atoms with Gasteiger partial charge in [-0.15, -0.1) is 0 Å². The fourth-order valence-corrected chi connectivity index (χ4v) is 2.46. The zero-order chi connectivity index (χ0) is 13.7. The lowest BCUT2D eigenvalue weighted by molar-refractivity contribution is -0.136. The Kier molecular flexibility index (Phi) is 4.55. The van der Waals surface area contributed by atoms with Crippen LogP contribution < -0.4 is 0 Å². The molecule has 1 saturated heterocycles. The third-order valence-corrected chi connectivity index (χ3v) is 3.49. The first-order valence-corrected chi connectivity index (χ1v) is 6.73. The van der Waals surface area contributed by atoms with Crippen LogP contribution in [0.1, 0.15) is 36.8 Å². The molecule has 1 amide bonds. The highest BCUT2D eigenvalue weighted by Gasteiger charge is 2.18. The van der Waals surface area contributed by atoms with Gasteiger partial charge in [-0.25, -0.2) is 0 Å². The minimum absolute atomic E-state index is 0.0121. The molecule has 0 aromatic heterocycles. The summed E-state index contributed by atoms with van der Waals surface area (Å²) < 4.78 is 0. The number of nitrogens with zero attached hydrogens (tertiary/aromatic N) is 1. The molecule has 102 valence electrons. The number of carbonyl (C=O) groups is 2. The van der Waals surface area contributed by atoms with E-state index < -0.39 is 5.97 Å². The maximum atomic E-state index is 12.0. The number of benzene rings is 1. The molecule has 1 aromatic carbocycles. The van der Waals surface area contributed by atoms with E-state index in [-0.39, 0.29) is 12.3 Å². The van der Waals surface area contributed by atoms with Crippen LogP contribution in [0.5, 0.6) is 0 Å². The largest absolute Gasteiger partial charge is 0.481 e. The van der Waals surface area contributed by atoms with E-state index in [2.05, 4.69) is 0 Å². The smallest absolute Gasteiger partial charge is 0.307 e. The summed E-state index contributed by atoms with van der Waals surface area (Å²) in [6.07, 6.45) is 3.72. The van der Waals surface area contributed by atoms with Crippen molar-refractivity contribution in [3.05, 3.63) is 35.4 Å². The number of carbonyl (C=O) groups excluding carboxylic acids is 1. The molecular weight excluding hydrogens is 242 g/mol. The molecule has 4 nitrogen and oxygen atoms in total. The van der Waals surface area contributed by atoms with Gasteiger partial charge in [-0.1, -0.05) is 30.7 Å². The predicted octanol–water partition coefficient (Wildman–Crippen LogP) is 2.22. The molecule has 0 bridgehead atoms. The van der Waals surface area contributed by atoms with Gasteiger partial charge in [-0.05, 0) is 24.0 Å². The van der Waals surface area contributed by atoms with Crippen molar-refractivity contribution in [2.45, 2.75) is 38.6 Å². The minimum Gasteiger partial charge on any atom is -0.481 e. The van der Waals surface area contributed by atoms with Crippen LogP contribution in [-0.2, 0) is 22.6 Å². The molecule has 1 aliphatic heterocycles. The first-order valence-electron chi connectivity index (χ1n) is 6.73. The van der Waals surface area contributed by atoms with Gasteiger partial charge in [0.2, 0.25) is 5.91 Å². The molecule has 1 heterocycles. The van der Waals surface area contributed by atoms with E-state index in [9.17, 15) is 9.59 Å². The van der Waals surface area contributed by atoms with Crippen LogP contribution in [0.4, 0.5) is 0 Å². The second-order valence-electron chi connectivity index (χ2n) is 4.97.